The van der Waals surface area contributed by atoms with E-state index in [9.17, 15) is 5.26 Å². The molecule has 0 radical (unpaired) electrons. The lowest BCUT2D eigenvalue weighted by atomic mass is 9.97. The number of para-hydroxylation sites is 2. The Kier molecular flexibility index (Phi) is 6.01. The van der Waals surface area contributed by atoms with Crippen LogP contribution in [-0.2, 0) is 0 Å². The van der Waals surface area contributed by atoms with Crippen molar-refractivity contribution in [1.29, 1.82) is 5.26 Å². The second-order valence-corrected chi connectivity index (χ2v) is 12.0. The second-order valence-electron chi connectivity index (χ2n) is 12.0. The van der Waals surface area contributed by atoms with E-state index in [1.807, 2.05) is 18.2 Å². The molecular formula is C43H29N3. The number of allylic oxidation sites excluding steroid dienone is 4. The fraction of sp³-hybridized carbons (Fsp3) is 0.0465. The highest BCUT2D eigenvalue weighted by Gasteiger charge is 2.16. The van der Waals surface area contributed by atoms with Crippen LogP contribution in [0, 0.1) is 11.3 Å². The van der Waals surface area contributed by atoms with Crippen molar-refractivity contribution in [1.82, 2.24) is 9.13 Å². The Hall–Kier alpha value is -6.11. The summed E-state index contributed by atoms with van der Waals surface area (Å²) in [5, 5.41) is 14.4. The number of hydrogen-bond acceptors (Lipinski definition) is 1. The van der Waals surface area contributed by atoms with Crippen LogP contribution < -0.4 is 0 Å². The van der Waals surface area contributed by atoms with Gasteiger partial charge in [0.2, 0.25) is 0 Å². The minimum absolute atomic E-state index is 0.655. The zero-order valence-electron chi connectivity index (χ0n) is 25.2. The van der Waals surface area contributed by atoms with Crippen molar-refractivity contribution in [3.05, 3.63) is 163 Å². The summed E-state index contributed by atoms with van der Waals surface area (Å²) < 4.78 is 4.65. The molecule has 9 rings (SSSR count). The molecule has 0 N–H and O–H groups in total. The molecule has 1 aliphatic carbocycles. The molecule has 6 aromatic carbocycles. The molecule has 8 aromatic rings. The van der Waals surface area contributed by atoms with Gasteiger partial charge in [-0.05, 0) is 102 Å². The van der Waals surface area contributed by atoms with Gasteiger partial charge < -0.3 is 9.13 Å². The molecule has 0 amide bonds. The molecule has 0 bridgehead atoms. The SMILES string of the molecule is N#Cc1cccc(-n2c3ccccc3c3cc(-c4ccc5c(c4)c4ccccc4n5-c4ccc(C5=CC=CCC5)cc4)ccc32)c1. The summed E-state index contributed by atoms with van der Waals surface area (Å²) in [6.07, 6.45) is 8.84. The van der Waals surface area contributed by atoms with Gasteiger partial charge in [-0.2, -0.15) is 5.26 Å². The highest BCUT2D eigenvalue weighted by atomic mass is 15.0. The average Bonchev–Trinajstić information content (AvgIpc) is 3.64. The van der Waals surface area contributed by atoms with Crippen LogP contribution in [0.5, 0.6) is 0 Å². The van der Waals surface area contributed by atoms with Gasteiger partial charge in [-0.1, -0.05) is 85.0 Å². The molecule has 0 saturated carbocycles. The van der Waals surface area contributed by atoms with Crippen molar-refractivity contribution >= 4 is 49.2 Å². The molecule has 0 unspecified atom stereocenters. The number of fused-ring (bicyclic) bond motifs is 6. The van der Waals surface area contributed by atoms with E-state index in [-0.39, 0.29) is 0 Å². The van der Waals surface area contributed by atoms with E-state index in [2.05, 4.69) is 149 Å². The Morgan fingerprint density at radius 2 is 1.09 bits per heavy atom. The topological polar surface area (TPSA) is 33.6 Å². The molecule has 2 heterocycles. The van der Waals surface area contributed by atoms with Crippen LogP contribution in [-0.4, -0.2) is 9.13 Å². The van der Waals surface area contributed by atoms with Gasteiger partial charge in [-0.15, -0.1) is 0 Å². The largest absolute Gasteiger partial charge is 0.309 e. The van der Waals surface area contributed by atoms with Gasteiger partial charge >= 0.3 is 0 Å². The minimum Gasteiger partial charge on any atom is -0.309 e. The zero-order chi connectivity index (χ0) is 30.6. The Labute approximate surface area is 267 Å². The summed E-state index contributed by atoms with van der Waals surface area (Å²) in [5.41, 5.74) is 12.5. The summed E-state index contributed by atoms with van der Waals surface area (Å²) in [6.45, 7) is 0. The summed E-state index contributed by atoms with van der Waals surface area (Å²) in [7, 11) is 0. The molecule has 216 valence electrons. The van der Waals surface area contributed by atoms with Gasteiger partial charge in [0.25, 0.3) is 0 Å². The predicted octanol–water partition coefficient (Wildman–Crippen LogP) is 11.2. The first-order chi connectivity index (χ1) is 22.8. The van der Waals surface area contributed by atoms with Crippen molar-refractivity contribution < 1.29 is 0 Å². The first kappa shape index (κ1) is 26.3. The predicted molar refractivity (Wildman–Crippen MR) is 192 cm³/mol. The van der Waals surface area contributed by atoms with Crippen molar-refractivity contribution in [2.75, 3.05) is 0 Å². The van der Waals surface area contributed by atoms with E-state index >= 15 is 0 Å². The lowest BCUT2D eigenvalue weighted by molar-refractivity contribution is 1.05. The summed E-state index contributed by atoms with van der Waals surface area (Å²) in [4.78, 5) is 0. The van der Waals surface area contributed by atoms with Crippen molar-refractivity contribution in [3.63, 3.8) is 0 Å². The molecular weight excluding hydrogens is 558 g/mol. The third-order valence-corrected chi connectivity index (χ3v) is 9.42. The summed E-state index contributed by atoms with van der Waals surface area (Å²) >= 11 is 0. The average molecular weight is 588 g/mol. The van der Waals surface area contributed by atoms with Gasteiger partial charge in [0, 0.05) is 32.9 Å². The minimum atomic E-state index is 0.655. The van der Waals surface area contributed by atoms with Crippen molar-refractivity contribution in [2.24, 2.45) is 0 Å². The van der Waals surface area contributed by atoms with Crippen LogP contribution in [0.3, 0.4) is 0 Å². The Balaban J connectivity index is 1.19. The van der Waals surface area contributed by atoms with Gasteiger partial charge in [0.1, 0.15) is 0 Å². The fourth-order valence-electron chi connectivity index (χ4n) is 7.24. The lowest BCUT2D eigenvalue weighted by Gasteiger charge is -2.12. The Morgan fingerprint density at radius 1 is 0.500 bits per heavy atom. The van der Waals surface area contributed by atoms with Gasteiger partial charge in [-0.25, -0.2) is 0 Å². The summed E-state index contributed by atoms with van der Waals surface area (Å²) in [6, 6.07) is 50.0. The molecule has 2 aromatic heterocycles. The first-order valence-electron chi connectivity index (χ1n) is 15.8. The van der Waals surface area contributed by atoms with Gasteiger partial charge in [0.15, 0.2) is 0 Å². The number of rotatable bonds is 4. The van der Waals surface area contributed by atoms with E-state index in [0.717, 1.165) is 29.6 Å². The molecule has 3 heteroatoms. The fourth-order valence-corrected chi connectivity index (χ4v) is 7.24. The van der Waals surface area contributed by atoms with Crippen molar-refractivity contribution in [3.8, 4) is 28.6 Å². The van der Waals surface area contributed by atoms with Crippen LogP contribution in [0.4, 0.5) is 0 Å². The van der Waals surface area contributed by atoms with E-state index in [1.165, 1.54) is 60.5 Å². The maximum absolute atomic E-state index is 9.55. The van der Waals surface area contributed by atoms with E-state index in [1.54, 1.807) is 0 Å². The maximum atomic E-state index is 9.55. The van der Waals surface area contributed by atoms with Crippen LogP contribution in [0.15, 0.2) is 152 Å². The molecule has 0 saturated heterocycles. The maximum Gasteiger partial charge on any atom is 0.0992 e. The zero-order valence-corrected chi connectivity index (χ0v) is 25.2. The molecule has 0 aliphatic heterocycles. The van der Waals surface area contributed by atoms with Gasteiger partial charge in [0.05, 0.1) is 33.7 Å². The van der Waals surface area contributed by atoms with Crippen LogP contribution >= 0.6 is 0 Å². The normalized spacial score (nSPS) is 13.1. The number of nitrogens with zero attached hydrogens (tertiary/aromatic N) is 3. The molecule has 3 nitrogen and oxygen atoms in total. The number of nitriles is 1. The van der Waals surface area contributed by atoms with E-state index in [4.69, 9.17) is 0 Å². The highest BCUT2D eigenvalue weighted by molar-refractivity contribution is 6.12. The smallest absolute Gasteiger partial charge is 0.0992 e. The number of aromatic nitrogens is 2. The first-order valence-corrected chi connectivity index (χ1v) is 15.8. The second kappa shape index (κ2) is 10.5. The monoisotopic (exact) mass is 587 g/mol. The molecule has 0 spiro atoms. The molecule has 46 heavy (non-hydrogen) atoms. The Morgan fingerprint density at radius 3 is 1.70 bits per heavy atom. The molecule has 0 atom stereocenters. The number of benzene rings is 6. The van der Waals surface area contributed by atoms with E-state index in [0.29, 0.717) is 5.56 Å². The quantitative estimate of drug-likeness (QED) is 0.202. The van der Waals surface area contributed by atoms with E-state index < -0.39 is 0 Å². The Bertz CT molecular complexity index is 2580. The molecule has 1 aliphatic rings. The third kappa shape index (κ3) is 4.12. The standard InChI is InChI=1S/C43H29N3/c44-28-29-9-8-12-35(25-29)46-41-16-7-5-14-37(41)39-27-33(20-24-43(39)46)32-19-23-42-38(26-32)36-13-4-6-15-40(36)45(42)34-21-17-31(18-22-34)30-10-2-1-3-11-30/h1-2,4-10,12-27H,3,11H2. The summed E-state index contributed by atoms with van der Waals surface area (Å²) in [5.74, 6) is 0. The van der Waals surface area contributed by atoms with Crippen molar-refractivity contribution in [2.45, 2.75) is 12.8 Å². The van der Waals surface area contributed by atoms with Crippen LogP contribution in [0.25, 0.3) is 71.7 Å². The highest BCUT2D eigenvalue weighted by Crippen LogP contribution is 2.38. The number of hydrogen-bond donors (Lipinski definition) is 0. The van der Waals surface area contributed by atoms with Gasteiger partial charge in [-0.3, -0.25) is 0 Å². The van der Waals surface area contributed by atoms with Crippen LogP contribution in [0.1, 0.15) is 24.0 Å². The third-order valence-electron chi connectivity index (χ3n) is 9.42. The molecule has 0 fully saturated rings. The van der Waals surface area contributed by atoms with Crippen LogP contribution in [0.2, 0.25) is 0 Å². The lowest BCUT2D eigenvalue weighted by Crippen LogP contribution is -1.95.